The number of carbonyl (C=O) groups excluding carboxylic acids is 7. The lowest BCUT2D eigenvalue weighted by Gasteiger charge is -2.27. The summed E-state index contributed by atoms with van der Waals surface area (Å²) in [5.74, 6) is -8.60. The second-order valence-corrected chi connectivity index (χ2v) is 13.4. The molecule has 24 heteroatoms. The fourth-order valence-electron chi connectivity index (χ4n) is 4.96. The maximum atomic E-state index is 13.7. The standard InChI is InChI=1S/C32H55N13O11/c1-14(2)8-18(33)26(50)40-15(3)25(49)44-22(12-46)30(54)43-21(10-23(34)48)28(52)41-19(6-5-7-38-32(35)36)27(51)42-20(9-17-11-37-13-39-17)29(53)45-24(16(4)47)31(55)56/h11,13-16,18-22,24,46-47H,5-10,12,33H2,1-4H3,(H2,34,48)(H,37,39)(H,40,50)(H,41,52)(H,42,51)(H,43,54)(H,44,49)(H,45,53)(H,55,56)(H4,35,36,38)/t15-,16+,18-,19-,20-,21-,22-,24-/m0/s1. The van der Waals surface area contributed by atoms with E-state index in [0.29, 0.717) is 12.1 Å². The predicted octanol–water partition coefficient (Wildman–Crippen LogP) is -6.36. The van der Waals surface area contributed by atoms with Gasteiger partial charge in [0, 0.05) is 24.9 Å². The van der Waals surface area contributed by atoms with E-state index < -0.39 is 109 Å². The number of aliphatic hydroxyl groups is 2. The molecule has 314 valence electrons. The smallest absolute Gasteiger partial charge is 0.328 e. The van der Waals surface area contributed by atoms with Crippen molar-refractivity contribution < 1.29 is 53.7 Å². The first kappa shape index (κ1) is 48.1. The molecule has 1 rings (SSSR count). The lowest BCUT2D eigenvalue weighted by molar-refractivity contribution is -0.145. The van der Waals surface area contributed by atoms with Crippen molar-refractivity contribution in [2.75, 3.05) is 13.2 Å². The number of amides is 7. The van der Waals surface area contributed by atoms with Crippen molar-refractivity contribution in [3.05, 3.63) is 18.2 Å². The minimum atomic E-state index is -1.77. The van der Waals surface area contributed by atoms with Crippen LogP contribution in [0.4, 0.5) is 0 Å². The highest BCUT2D eigenvalue weighted by Crippen LogP contribution is 2.07. The summed E-state index contributed by atoms with van der Waals surface area (Å²) < 4.78 is 0. The second-order valence-electron chi connectivity index (χ2n) is 13.4. The number of aliphatic carboxylic acids is 1. The molecule has 0 aliphatic carbocycles. The highest BCUT2D eigenvalue weighted by molar-refractivity contribution is 5.98. The summed E-state index contributed by atoms with van der Waals surface area (Å²) in [5.41, 5.74) is 22.3. The number of aliphatic hydroxyl groups excluding tert-OH is 2. The minimum absolute atomic E-state index is 0.0173. The number of hydrogen-bond donors (Lipinski definition) is 14. The Kier molecular flexibility index (Phi) is 20.5. The van der Waals surface area contributed by atoms with Gasteiger partial charge in [-0.3, -0.25) is 38.6 Å². The van der Waals surface area contributed by atoms with Crippen molar-refractivity contribution in [3.8, 4) is 0 Å². The SMILES string of the molecule is CC(C)C[C@H](N)C(=O)N[C@@H](C)C(=O)N[C@@H](CO)C(=O)N[C@@H](CC(N)=O)C(=O)N[C@@H](CCCN=C(N)N)C(=O)N[C@@H](Cc1cnc[nH]1)C(=O)N[C@H](C(=O)O)[C@@H](C)O. The summed E-state index contributed by atoms with van der Waals surface area (Å²) in [6, 6.07) is -10.3. The molecule has 0 spiro atoms. The number of H-pyrrole nitrogens is 1. The third kappa shape index (κ3) is 17.5. The number of aromatic nitrogens is 2. The van der Waals surface area contributed by atoms with E-state index in [9.17, 15) is 53.7 Å². The number of rotatable bonds is 25. The Balaban J connectivity index is 3.27. The molecule has 0 aliphatic heterocycles. The molecule has 0 saturated carbocycles. The molecule has 1 heterocycles. The summed E-state index contributed by atoms with van der Waals surface area (Å²) in [6.07, 6.45) is 0.256. The molecule has 0 bridgehead atoms. The highest BCUT2D eigenvalue weighted by atomic mass is 16.4. The molecular weight excluding hydrogens is 742 g/mol. The van der Waals surface area contributed by atoms with E-state index in [0.717, 1.165) is 6.92 Å². The molecule has 1 aromatic heterocycles. The van der Waals surface area contributed by atoms with Crippen LogP contribution in [0.1, 0.15) is 59.1 Å². The predicted molar refractivity (Wildman–Crippen MR) is 197 cm³/mol. The molecule has 56 heavy (non-hydrogen) atoms. The number of imidazole rings is 1. The maximum absolute atomic E-state index is 13.7. The maximum Gasteiger partial charge on any atom is 0.328 e. The van der Waals surface area contributed by atoms with E-state index in [1.165, 1.54) is 19.4 Å². The third-order valence-electron chi connectivity index (χ3n) is 7.90. The molecule has 18 N–H and O–H groups in total. The number of nitrogens with two attached hydrogens (primary N) is 4. The summed E-state index contributed by atoms with van der Waals surface area (Å²) in [5, 5.41) is 43.0. The zero-order valence-corrected chi connectivity index (χ0v) is 31.6. The molecule has 0 radical (unpaired) electrons. The molecule has 0 fully saturated rings. The van der Waals surface area contributed by atoms with E-state index in [-0.39, 0.29) is 37.7 Å². The van der Waals surface area contributed by atoms with Crippen molar-refractivity contribution in [2.24, 2.45) is 33.8 Å². The summed E-state index contributed by atoms with van der Waals surface area (Å²) >= 11 is 0. The van der Waals surface area contributed by atoms with Crippen LogP contribution < -0.4 is 54.8 Å². The van der Waals surface area contributed by atoms with Crippen molar-refractivity contribution in [3.63, 3.8) is 0 Å². The first-order valence-electron chi connectivity index (χ1n) is 17.6. The van der Waals surface area contributed by atoms with Crippen molar-refractivity contribution in [1.82, 2.24) is 41.9 Å². The van der Waals surface area contributed by atoms with Crippen molar-refractivity contribution in [1.29, 1.82) is 0 Å². The number of nitrogens with one attached hydrogen (secondary N) is 7. The molecule has 1 aromatic rings. The molecule has 0 unspecified atom stereocenters. The number of carbonyl (C=O) groups is 8. The van der Waals surface area contributed by atoms with Crippen LogP contribution >= 0.6 is 0 Å². The minimum Gasteiger partial charge on any atom is -0.480 e. The summed E-state index contributed by atoms with van der Waals surface area (Å²) in [7, 11) is 0. The van der Waals surface area contributed by atoms with Gasteiger partial charge in [0.05, 0.1) is 31.5 Å². The summed E-state index contributed by atoms with van der Waals surface area (Å²) in [4.78, 5) is 113. The topological polar surface area (TPSA) is 415 Å². The number of aliphatic imine (C=N–C) groups is 1. The van der Waals surface area contributed by atoms with E-state index in [1.54, 1.807) is 0 Å². The third-order valence-corrected chi connectivity index (χ3v) is 7.90. The lowest BCUT2D eigenvalue weighted by atomic mass is 10.0. The van der Waals surface area contributed by atoms with E-state index in [4.69, 9.17) is 22.9 Å². The van der Waals surface area contributed by atoms with Gasteiger partial charge in [0.2, 0.25) is 41.4 Å². The Labute approximate surface area is 322 Å². The fourth-order valence-corrected chi connectivity index (χ4v) is 4.96. The average Bonchev–Trinajstić information content (AvgIpc) is 3.61. The van der Waals surface area contributed by atoms with Crippen LogP contribution in [0.15, 0.2) is 17.5 Å². The molecule has 0 aliphatic rings. The number of aromatic amines is 1. The van der Waals surface area contributed by atoms with Crippen LogP contribution in [0.3, 0.4) is 0 Å². The molecule has 8 atom stereocenters. The number of carboxylic acid groups (broad SMARTS) is 1. The Hall–Kier alpha value is -5.88. The first-order valence-corrected chi connectivity index (χ1v) is 17.6. The molecule has 0 aromatic carbocycles. The number of carboxylic acids is 1. The first-order chi connectivity index (χ1) is 26.2. The quantitative estimate of drug-likeness (QED) is 0.0249. The van der Waals surface area contributed by atoms with Gasteiger partial charge in [0.25, 0.3) is 0 Å². The van der Waals surface area contributed by atoms with Crippen LogP contribution in [-0.2, 0) is 44.8 Å². The van der Waals surface area contributed by atoms with Gasteiger partial charge in [-0.15, -0.1) is 0 Å². The van der Waals surface area contributed by atoms with Crippen molar-refractivity contribution >= 4 is 53.3 Å². The lowest BCUT2D eigenvalue weighted by Crippen LogP contribution is -2.61. The normalized spacial score (nSPS) is 15.3. The van der Waals surface area contributed by atoms with Gasteiger partial charge in [-0.05, 0) is 39.0 Å². The van der Waals surface area contributed by atoms with Gasteiger partial charge in [0.1, 0.15) is 30.2 Å². The second kappa shape index (κ2) is 23.8. The van der Waals surface area contributed by atoms with Gasteiger partial charge in [0.15, 0.2) is 12.0 Å². The molecular formula is C32H55N13O11. The van der Waals surface area contributed by atoms with Gasteiger partial charge in [-0.25, -0.2) is 9.78 Å². The van der Waals surface area contributed by atoms with Gasteiger partial charge in [-0.1, -0.05) is 13.8 Å². The van der Waals surface area contributed by atoms with Gasteiger partial charge in [-0.2, -0.15) is 0 Å². The Morgan fingerprint density at radius 3 is 1.86 bits per heavy atom. The van der Waals surface area contributed by atoms with Crippen LogP contribution in [0.25, 0.3) is 0 Å². The highest BCUT2D eigenvalue weighted by Gasteiger charge is 2.34. The Morgan fingerprint density at radius 2 is 1.34 bits per heavy atom. The number of primary amides is 1. The Bertz CT molecular complexity index is 1530. The van der Waals surface area contributed by atoms with Gasteiger partial charge < -0.3 is 75.1 Å². The van der Waals surface area contributed by atoms with Crippen LogP contribution in [0.2, 0.25) is 0 Å². The van der Waals surface area contributed by atoms with Crippen LogP contribution in [-0.4, -0.2) is 140 Å². The average molecular weight is 798 g/mol. The van der Waals surface area contributed by atoms with E-state index in [1.807, 2.05) is 13.8 Å². The summed E-state index contributed by atoms with van der Waals surface area (Å²) in [6.45, 7) is 5.15. The fraction of sp³-hybridized carbons (Fsp3) is 0.625. The van der Waals surface area contributed by atoms with E-state index in [2.05, 4.69) is 46.9 Å². The van der Waals surface area contributed by atoms with Crippen molar-refractivity contribution in [2.45, 2.75) is 108 Å². The number of guanidine groups is 1. The zero-order valence-electron chi connectivity index (χ0n) is 31.6. The van der Waals surface area contributed by atoms with E-state index >= 15 is 0 Å². The Morgan fingerprint density at radius 1 is 0.786 bits per heavy atom. The van der Waals surface area contributed by atoms with Crippen LogP contribution in [0, 0.1) is 5.92 Å². The molecule has 0 saturated heterocycles. The zero-order chi connectivity index (χ0) is 42.7. The molecule has 7 amide bonds. The van der Waals surface area contributed by atoms with Gasteiger partial charge >= 0.3 is 5.97 Å². The van der Waals surface area contributed by atoms with Crippen LogP contribution in [0.5, 0.6) is 0 Å². The largest absolute Gasteiger partial charge is 0.480 e. The molecule has 24 nitrogen and oxygen atoms in total. The monoisotopic (exact) mass is 797 g/mol. The number of hydrogen-bond acceptors (Lipinski definition) is 13. The number of nitrogens with zero attached hydrogens (tertiary/aromatic N) is 2.